The van der Waals surface area contributed by atoms with Crippen LogP contribution < -0.4 is 11.1 Å². The number of pyridine rings is 1. The highest BCUT2D eigenvalue weighted by Gasteiger charge is 2.31. The molecule has 1 unspecified atom stereocenters. The summed E-state index contributed by atoms with van der Waals surface area (Å²) in [6.07, 6.45) is 0.480. The zero-order valence-corrected chi connectivity index (χ0v) is 12.5. The summed E-state index contributed by atoms with van der Waals surface area (Å²) in [4.78, 5) is 16.5. The lowest BCUT2D eigenvalue weighted by Crippen LogP contribution is -2.29. The number of nitrogens with zero attached hydrogens (tertiary/aromatic N) is 2. The molecule has 0 bridgehead atoms. The Balaban J connectivity index is 2.11. The Morgan fingerprint density at radius 2 is 2.10 bits per heavy atom. The van der Waals surface area contributed by atoms with E-state index in [0.29, 0.717) is 16.7 Å². The van der Waals surface area contributed by atoms with E-state index in [1.165, 1.54) is 0 Å². The van der Waals surface area contributed by atoms with Gasteiger partial charge in [-0.1, -0.05) is 30.3 Å². The van der Waals surface area contributed by atoms with Gasteiger partial charge in [-0.25, -0.2) is 4.98 Å². The summed E-state index contributed by atoms with van der Waals surface area (Å²) >= 11 is 3.36. The number of nitrogens with one attached hydrogen (secondary N) is 1. The third-order valence-corrected chi connectivity index (χ3v) is 4.22. The summed E-state index contributed by atoms with van der Waals surface area (Å²) in [5, 5.41) is 12.0. The van der Waals surface area contributed by atoms with Crippen LogP contribution in [0.1, 0.15) is 22.6 Å². The molecular formula is C15H11BrN4O. The third-order valence-electron chi connectivity index (χ3n) is 3.56. The Hall–Kier alpha value is -2.39. The van der Waals surface area contributed by atoms with Crippen molar-refractivity contribution in [2.75, 3.05) is 11.1 Å². The van der Waals surface area contributed by atoms with Crippen LogP contribution in [-0.2, 0) is 11.2 Å². The lowest BCUT2D eigenvalue weighted by Gasteiger charge is -2.26. The number of hydrogen-bond donors (Lipinski definition) is 2. The summed E-state index contributed by atoms with van der Waals surface area (Å²) in [5.41, 5.74) is 8.15. The number of halogens is 1. The minimum Gasteiger partial charge on any atom is -0.382 e. The van der Waals surface area contributed by atoms with Crippen LogP contribution in [0, 0.1) is 11.3 Å². The van der Waals surface area contributed by atoms with Gasteiger partial charge in [0.1, 0.15) is 22.1 Å². The van der Waals surface area contributed by atoms with Crippen molar-refractivity contribution in [2.45, 2.75) is 12.3 Å². The highest BCUT2D eigenvalue weighted by Crippen LogP contribution is 2.38. The maximum absolute atomic E-state index is 12.4. The summed E-state index contributed by atoms with van der Waals surface area (Å²) < 4.78 is 0.565. The highest BCUT2D eigenvalue weighted by molar-refractivity contribution is 9.10. The van der Waals surface area contributed by atoms with Gasteiger partial charge in [-0.2, -0.15) is 5.26 Å². The Kier molecular flexibility index (Phi) is 3.35. The van der Waals surface area contributed by atoms with Gasteiger partial charge in [0.15, 0.2) is 0 Å². The second kappa shape index (κ2) is 5.19. The number of carbonyl (C=O) groups excluding carboxylic acids is 1. The lowest BCUT2D eigenvalue weighted by atomic mass is 9.87. The Bertz CT molecular complexity index is 767. The van der Waals surface area contributed by atoms with Gasteiger partial charge in [-0.3, -0.25) is 4.79 Å². The first-order valence-corrected chi connectivity index (χ1v) is 7.15. The summed E-state index contributed by atoms with van der Waals surface area (Å²) in [6, 6.07) is 11.5. The van der Waals surface area contributed by atoms with E-state index < -0.39 is 0 Å². The van der Waals surface area contributed by atoms with Gasteiger partial charge >= 0.3 is 0 Å². The van der Waals surface area contributed by atoms with Crippen LogP contribution in [0.5, 0.6) is 0 Å². The summed E-state index contributed by atoms with van der Waals surface area (Å²) in [5.74, 6) is -0.323. The second-order valence-corrected chi connectivity index (χ2v) is 5.54. The molecule has 3 N–H and O–H groups in total. The standard InChI is InChI=1S/C15H11BrN4O/c16-13-10-6-9(8-4-2-1-3-5-8)15(21)19-12(10)11(7-17)14(18)20-13/h1-5,9H,6H2,(H2,18,20)(H,19,21). The fraction of sp³-hybridized carbons (Fsp3) is 0.133. The molecule has 5 nitrogen and oxygen atoms in total. The quantitative estimate of drug-likeness (QED) is 0.779. The first kappa shape index (κ1) is 13.6. The Labute approximate surface area is 129 Å². The number of anilines is 2. The van der Waals surface area contributed by atoms with Crippen molar-refractivity contribution in [1.29, 1.82) is 5.26 Å². The molecule has 104 valence electrons. The van der Waals surface area contributed by atoms with Crippen LogP contribution in [0.4, 0.5) is 11.5 Å². The predicted molar refractivity (Wildman–Crippen MR) is 82.6 cm³/mol. The molecule has 2 aromatic rings. The maximum atomic E-state index is 12.4. The van der Waals surface area contributed by atoms with Crippen molar-refractivity contribution >= 4 is 33.3 Å². The fourth-order valence-corrected chi connectivity index (χ4v) is 3.06. The number of carbonyl (C=O) groups is 1. The van der Waals surface area contributed by atoms with Crippen LogP contribution in [-0.4, -0.2) is 10.9 Å². The molecule has 1 aromatic carbocycles. The maximum Gasteiger partial charge on any atom is 0.232 e. The van der Waals surface area contributed by atoms with Crippen molar-refractivity contribution in [1.82, 2.24) is 4.98 Å². The number of hydrogen-bond acceptors (Lipinski definition) is 4. The first-order valence-electron chi connectivity index (χ1n) is 6.35. The van der Waals surface area contributed by atoms with E-state index in [9.17, 15) is 10.1 Å². The zero-order valence-electron chi connectivity index (χ0n) is 10.9. The van der Waals surface area contributed by atoms with Crippen molar-refractivity contribution in [2.24, 2.45) is 0 Å². The fourth-order valence-electron chi connectivity index (χ4n) is 2.51. The molecule has 0 spiro atoms. The van der Waals surface area contributed by atoms with Gasteiger partial charge < -0.3 is 11.1 Å². The lowest BCUT2D eigenvalue weighted by molar-refractivity contribution is -0.117. The minimum absolute atomic E-state index is 0.113. The van der Waals surface area contributed by atoms with Crippen LogP contribution in [0.25, 0.3) is 0 Å². The third kappa shape index (κ3) is 2.26. The molecule has 0 radical (unpaired) electrons. The van der Waals surface area contributed by atoms with Crippen LogP contribution in [0.3, 0.4) is 0 Å². The highest BCUT2D eigenvalue weighted by atomic mass is 79.9. The molecule has 0 fully saturated rings. The molecule has 1 aromatic heterocycles. The van der Waals surface area contributed by atoms with E-state index >= 15 is 0 Å². The molecule has 2 heterocycles. The first-order chi connectivity index (χ1) is 10.1. The number of nitrogens with two attached hydrogens (primary N) is 1. The molecular weight excluding hydrogens is 332 g/mol. The second-order valence-electron chi connectivity index (χ2n) is 4.78. The zero-order chi connectivity index (χ0) is 15.0. The average molecular weight is 343 g/mol. The van der Waals surface area contributed by atoms with Gasteiger partial charge in [0.2, 0.25) is 5.91 Å². The average Bonchev–Trinajstić information content (AvgIpc) is 2.48. The summed E-state index contributed by atoms with van der Waals surface area (Å²) in [6.45, 7) is 0. The Morgan fingerprint density at radius 3 is 2.76 bits per heavy atom. The van der Waals surface area contributed by atoms with Gasteiger partial charge in [0.25, 0.3) is 0 Å². The molecule has 21 heavy (non-hydrogen) atoms. The monoisotopic (exact) mass is 342 g/mol. The van der Waals surface area contributed by atoms with E-state index in [4.69, 9.17) is 5.73 Å². The van der Waals surface area contributed by atoms with Crippen molar-refractivity contribution in [3.63, 3.8) is 0 Å². The SMILES string of the molecule is N#Cc1c(N)nc(Br)c2c1NC(=O)C(c1ccccc1)C2. The molecule has 1 amide bonds. The van der Waals surface area contributed by atoms with Gasteiger partial charge in [0, 0.05) is 5.56 Å². The van der Waals surface area contributed by atoms with Crippen molar-refractivity contribution < 1.29 is 4.79 Å². The van der Waals surface area contributed by atoms with Crippen molar-refractivity contribution in [3.8, 4) is 6.07 Å². The van der Waals surface area contributed by atoms with E-state index in [1.807, 2.05) is 36.4 Å². The number of benzene rings is 1. The van der Waals surface area contributed by atoms with Crippen LogP contribution in [0.2, 0.25) is 0 Å². The number of aromatic nitrogens is 1. The van der Waals surface area contributed by atoms with E-state index in [2.05, 4.69) is 26.2 Å². The number of fused-ring (bicyclic) bond motifs is 1. The molecule has 1 aliphatic heterocycles. The number of nitrogen functional groups attached to an aromatic ring is 1. The van der Waals surface area contributed by atoms with E-state index in [0.717, 1.165) is 11.1 Å². The molecule has 1 aliphatic rings. The Morgan fingerprint density at radius 1 is 1.38 bits per heavy atom. The normalized spacial score (nSPS) is 16.8. The molecule has 6 heteroatoms. The molecule has 1 atom stereocenters. The van der Waals surface area contributed by atoms with Crippen molar-refractivity contribution in [3.05, 3.63) is 51.6 Å². The minimum atomic E-state index is -0.299. The molecule has 0 saturated heterocycles. The number of nitriles is 1. The topological polar surface area (TPSA) is 91.8 Å². The predicted octanol–water partition coefficient (Wildman–Crippen LogP) is 2.58. The van der Waals surface area contributed by atoms with Crippen LogP contribution in [0.15, 0.2) is 34.9 Å². The van der Waals surface area contributed by atoms with E-state index in [-0.39, 0.29) is 23.2 Å². The largest absolute Gasteiger partial charge is 0.382 e. The van der Waals surface area contributed by atoms with Gasteiger partial charge in [-0.15, -0.1) is 0 Å². The van der Waals surface area contributed by atoms with Gasteiger partial charge in [-0.05, 0) is 27.9 Å². The molecule has 0 saturated carbocycles. The van der Waals surface area contributed by atoms with Crippen LogP contribution >= 0.6 is 15.9 Å². The van der Waals surface area contributed by atoms with E-state index in [1.54, 1.807) is 0 Å². The smallest absolute Gasteiger partial charge is 0.232 e. The molecule has 0 aliphatic carbocycles. The van der Waals surface area contributed by atoms with Gasteiger partial charge in [0.05, 0.1) is 11.6 Å². The number of amides is 1. The molecule has 3 rings (SSSR count). The number of rotatable bonds is 1. The summed E-state index contributed by atoms with van der Waals surface area (Å²) in [7, 11) is 0.